The fourth-order valence-electron chi connectivity index (χ4n) is 3.47. The normalized spacial score (nSPS) is 12.9. The van der Waals surface area contributed by atoms with E-state index in [0.717, 1.165) is 12.8 Å². The van der Waals surface area contributed by atoms with E-state index in [1.807, 2.05) is 0 Å². The number of rotatable bonds is 2. The summed E-state index contributed by atoms with van der Waals surface area (Å²) in [7, 11) is 0. The zero-order valence-electron chi connectivity index (χ0n) is 16.4. The molecule has 0 fully saturated rings. The summed E-state index contributed by atoms with van der Waals surface area (Å²) >= 11 is 1.55. The Labute approximate surface area is 191 Å². The molecule has 0 radical (unpaired) electrons. The molecule has 27 heavy (non-hydrogen) atoms. The second-order valence-corrected chi connectivity index (χ2v) is 9.76. The van der Waals surface area contributed by atoms with Crippen LogP contribution in [0, 0.1) is 6.07 Å². The quantitative estimate of drug-likeness (QED) is 0.467. The molecule has 3 heteroatoms. The molecule has 2 aliphatic rings. The largest absolute Gasteiger partial charge is 1.00 e. The third-order valence-electron chi connectivity index (χ3n) is 4.58. The summed E-state index contributed by atoms with van der Waals surface area (Å²) < 4.78 is 1.51. The van der Waals surface area contributed by atoms with Crippen LogP contribution in [0.25, 0.3) is 16.7 Å². The van der Waals surface area contributed by atoms with Crippen molar-refractivity contribution in [3.8, 4) is 11.1 Å². The molecule has 0 atom stereocenters. The number of halogens is 2. The topological polar surface area (TPSA) is 0 Å². The van der Waals surface area contributed by atoms with Crippen molar-refractivity contribution >= 4 is 8.78 Å². The van der Waals surface area contributed by atoms with E-state index < -0.39 is 0 Å². The molecule has 2 aromatic carbocycles. The first-order valence-corrected chi connectivity index (χ1v) is 10.3. The fraction of sp³-hybridized carbons (Fsp3) is 0.292. The predicted molar refractivity (Wildman–Crippen MR) is 106 cm³/mol. The van der Waals surface area contributed by atoms with Gasteiger partial charge in [-0.1, -0.05) is 67.3 Å². The van der Waals surface area contributed by atoms with Gasteiger partial charge in [0.2, 0.25) is 0 Å². The van der Waals surface area contributed by atoms with Gasteiger partial charge in [0.1, 0.15) is 0 Å². The van der Waals surface area contributed by atoms with Gasteiger partial charge in [-0.2, -0.15) is 0 Å². The molecule has 4 rings (SSSR count). The Hall–Kier alpha value is -0.747. The van der Waals surface area contributed by atoms with Crippen molar-refractivity contribution < 1.29 is 49.0 Å². The molecular formula is C24H25Cl2Zr-. The maximum atomic E-state index is 3.76. The van der Waals surface area contributed by atoms with Crippen molar-refractivity contribution in [2.75, 3.05) is 0 Å². The van der Waals surface area contributed by atoms with Crippen LogP contribution in [0.3, 0.4) is 0 Å². The number of hydrogen-bond donors (Lipinski definition) is 0. The molecule has 140 valence electrons. The molecule has 0 aromatic heterocycles. The average molecular weight is 476 g/mol. The fourth-order valence-corrected chi connectivity index (χ4v) is 3.47. The van der Waals surface area contributed by atoms with Crippen molar-refractivity contribution in [1.29, 1.82) is 0 Å². The molecule has 0 amide bonds. The van der Waals surface area contributed by atoms with Crippen LogP contribution >= 0.6 is 0 Å². The summed E-state index contributed by atoms with van der Waals surface area (Å²) in [6, 6.07) is 14.9. The van der Waals surface area contributed by atoms with Crippen LogP contribution in [0.5, 0.6) is 0 Å². The summed E-state index contributed by atoms with van der Waals surface area (Å²) in [6.45, 7) is 8.81. The molecular weight excluding hydrogens is 450 g/mol. The molecule has 0 nitrogen and oxygen atoms in total. The minimum Gasteiger partial charge on any atom is -1.00 e. The maximum absolute atomic E-state index is 3.76. The average Bonchev–Trinajstić information content (AvgIpc) is 3.20. The molecule has 0 saturated carbocycles. The molecule has 0 unspecified atom stereocenters. The van der Waals surface area contributed by atoms with Crippen LogP contribution in [0.4, 0.5) is 0 Å². The number of fused-ring (bicyclic) bond motifs is 3. The van der Waals surface area contributed by atoms with Crippen molar-refractivity contribution in [1.82, 2.24) is 0 Å². The zero-order chi connectivity index (χ0) is 18.0. The Morgan fingerprint density at radius 3 is 2.33 bits per heavy atom. The van der Waals surface area contributed by atoms with Gasteiger partial charge in [0.05, 0.1) is 0 Å². The van der Waals surface area contributed by atoms with E-state index in [0.29, 0.717) is 5.92 Å². The van der Waals surface area contributed by atoms with Gasteiger partial charge in [0.25, 0.3) is 0 Å². The van der Waals surface area contributed by atoms with Crippen molar-refractivity contribution in [2.24, 2.45) is 0 Å². The van der Waals surface area contributed by atoms with Crippen LogP contribution in [0.15, 0.2) is 48.6 Å². The van der Waals surface area contributed by atoms with Gasteiger partial charge in [-0.15, -0.1) is 40.5 Å². The molecule has 2 aromatic rings. The number of benzene rings is 2. The molecule has 0 saturated heterocycles. The Balaban J connectivity index is 0.000000558. The van der Waals surface area contributed by atoms with Crippen molar-refractivity contribution in [2.45, 2.75) is 46.5 Å². The molecule has 0 spiro atoms. The summed E-state index contributed by atoms with van der Waals surface area (Å²) in [4.78, 5) is 0. The van der Waals surface area contributed by atoms with Crippen LogP contribution in [-0.2, 0) is 30.7 Å². The van der Waals surface area contributed by atoms with E-state index in [9.17, 15) is 0 Å². The van der Waals surface area contributed by atoms with E-state index in [2.05, 4.69) is 82.3 Å². The van der Waals surface area contributed by atoms with Crippen LogP contribution < -0.4 is 24.8 Å². The Kier molecular flexibility index (Phi) is 9.63. The molecule has 0 aliphatic heterocycles. The van der Waals surface area contributed by atoms with E-state index in [1.54, 1.807) is 24.2 Å². The third kappa shape index (κ3) is 5.63. The van der Waals surface area contributed by atoms with Crippen LogP contribution in [-0.4, -0.2) is 3.21 Å². The van der Waals surface area contributed by atoms with E-state index in [4.69, 9.17) is 0 Å². The van der Waals surface area contributed by atoms with E-state index >= 15 is 0 Å². The van der Waals surface area contributed by atoms with Gasteiger partial charge in [-0.3, -0.25) is 0 Å². The SMILES string of the molecule is CC(C)c1cc2c([c-]c1C1=CC=CC1)Cc1ccccc1-2.C[C](C)=[Zr+2].[Cl-].[Cl-]. The van der Waals surface area contributed by atoms with E-state index in [-0.39, 0.29) is 24.8 Å². The van der Waals surface area contributed by atoms with Gasteiger partial charge in [-0.25, -0.2) is 0 Å². The minimum atomic E-state index is 0. The molecule has 0 N–H and O–H groups in total. The van der Waals surface area contributed by atoms with Gasteiger partial charge in [-0.05, 0) is 18.4 Å². The summed E-state index contributed by atoms with van der Waals surface area (Å²) in [5, 5.41) is 0. The van der Waals surface area contributed by atoms with Crippen molar-refractivity contribution in [3.05, 3.63) is 76.9 Å². The van der Waals surface area contributed by atoms with E-state index in [1.165, 1.54) is 42.2 Å². The standard InChI is InChI=1S/C21H19.C3H6.2ClH.Zr/c1-14(2)19-13-21-17(11-16-9-5-6-10-18(16)21)12-20(19)15-7-3-4-8-15;1-3-2;;;/h3-7,9-10,13-14H,8,11H2,1-2H3;1-2H3;2*1H;/q-1;;;;+2/p-2. The zero-order valence-corrected chi connectivity index (χ0v) is 20.3. The van der Waals surface area contributed by atoms with Gasteiger partial charge < -0.3 is 24.8 Å². The predicted octanol–water partition coefficient (Wildman–Crippen LogP) is 0.278. The Morgan fingerprint density at radius 1 is 1.07 bits per heavy atom. The van der Waals surface area contributed by atoms with Crippen molar-refractivity contribution in [3.63, 3.8) is 0 Å². The Morgan fingerprint density at radius 2 is 1.74 bits per heavy atom. The Bertz CT molecular complexity index is 872. The van der Waals surface area contributed by atoms with Gasteiger partial charge in [0.15, 0.2) is 0 Å². The van der Waals surface area contributed by atoms with Gasteiger partial charge in [0, 0.05) is 0 Å². The van der Waals surface area contributed by atoms with Crippen LogP contribution in [0.2, 0.25) is 0 Å². The number of hydrogen-bond acceptors (Lipinski definition) is 0. The monoisotopic (exact) mass is 473 g/mol. The minimum absolute atomic E-state index is 0. The summed E-state index contributed by atoms with van der Waals surface area (Å²) in [5.74, 6) is 0.524. The first kappa shape index (κ1) is 24.3. The second kappa shape index (κ2) is 10.7. The third-order valence-corrected chi connectivity index (χ3v) is 4.58. The van der Waals surface area contributed by atoms with Crippen LogP contribution in [0.1, 0.15) is 62.3 Å². The first-order chi connectivity index (χ1) is 12.0. The second-order valence-electron chi connectivity index (χ2n) is 7.30. The number of allylic oxidation sites excluding steroid dienone is 4. The summed E-state index contributed by atoms with van der Waals surface area (Å²) in [6.07, 6.45) is 8.70. The summed E-state index contributed by atoms with van der Waals surface area (Å²) in [5.41, 5.74) is 9.78. The first-order valence-electron chi connectivity index (χ1n) is 9.02. The maximum Gasteiger partial charge on any atom is -1.00 e. The van der Waals surface area contributed by atoms with Gasteiger partial charge >= 0.3 is 41.3 Å². The molecule has 2 aliphatic carbocycles. The molecule has 0 heterocycles. The smallest absolute Gasteiger partial charge is 1.00 e. The molecule has 0 bridgehead atoms.